The van der Waals surface area contributed by atoms with Gasteiger partial charge >= 0.3 is 0 Å². The lowest BCUT2D eigenvalue weighted by Crippen LogP contribution is -2.32. The Hall–Kier alpha value is -1.40. The normalized spacial score (nSPS) is 16.2. The zero-order valence-corrected chi connectivity index (χ0v) is 15.4. The van der Waals surface area contributed by atoms with Crippen molar-refractivity contribution in [3.05, 3.63) is 29.8 Å². The second kappa shape index (κ2) is 8.62. The van der Waals surface area contributed by atoms with Crippen LogP contribution in [-0.4, -0.2) is 38.4 Å². The maximum atomic E-state index is 12.3. The lowest BCUT2D eigenvalue weighted by Gasteiger charge is -2.20. The standard InChI is InChI=1S/C18H28N2O3S/c1-15(2)19-24(22,23)17-10-7-16(8-11-17)9-12-18(21)20-13-5-3-4-6-14-20/h7-8,10-11,15,19H,3-6,9,12-14H2,1-2H3. The number of nitrogens with zero attached hydrogens (tertiary/aromatic N) is 1. The van der Waals surface area contributed by atoms with Crippen LogP contribution >= 0.6 is 0 Å². The topological polar surface area (TPSA) is 66.5 Å². The highest BCUT2D eigenvalue weighted by Gasteiger charge is 2.17. The number of carbonyl (C=O) groups excluding carboxylic acids is 1. The molecule has 0 radical (unpaired) electrons. The molecule has 5 nitrogen and oxygen atoms in total. The number of carbonyl (C=O) groups is 1. The van der Waals surface area contributed by atoms with Gasteiger partial charge in [-0.25, -0.2) is 13.1 Å². The summed E-state index contributed by atoms with van der Waals surface area (Å²) in [6.07, 6.45) is 5.75. The highest BCUT2D eigenvalue weighted by Crippen LogP contribution is 2.14. The summed E-state index contributed by atoms with van der Waals surface area (Å²) < 4.78 is 26.7. The molecule has 0 spiro atoms. The number of nitrogens with one attached hydrogen (secondary N) is 1. The number of rotatable bonds is 6. The third kappa shape index (κ3) is 5.60. The summed E-state index contributed by atoms with van der Waals surface area (Å²) in [6, 6.07) is 6.67. The summed E-state index contributed by atoms with van der Waals surface area (Å²) in [7, 11) is -3.45. The van der Waals surface area contributed by atoms with Crippen molar-refractivity contribution in [2.45, 2.75) is 63.3 Å². The molecule has 1 N–H and O–H groups in total. The SMILES string of the molecule is CC(C)NS(=O)(=O)c1ccc(CCC(=O)N2CCCCCC2)cc1. The van der Waals surface area contributed by atoms with Gasteiger partial charge in [-0.3, -0.25) is 4.79 Å². The maximum Gasteiger partial charge on any atom is 0.240 e. The van der Waals surface area contributed by atoms with Crippen molar-refractivity contribution in [1.29, 1.82) is 0 Å². The van der Waals surface area contributed by atoms with Crippen LogP contribution in [0.3, 0.4) is 0 Å². The van der Waals surface area contributed by atoms with Crippen LogP contribution in [0.1, 0.15) is 51.5 Å². The number of sulfonamides is 1. The fourth-order valence-corrected chi connectivity index (χ4v) is 4.19. The van der Waals surface area contributed by atoms with Gasteiger partial charge < -0.3 is 4.90 Å². The molecule has 0 unspecified atom stereocenters. The predicted molar refractivity (Wildman–Crippen MR) is 95.3 cm³/mol. The van der Waals surface area contributed by atoms with Crippen LogP contribution in [0.5, 0.6) is 0 Å². The molecule has 24 heavy (non-hydrogen) atoms. The van der Waals surface area contributed by atoms with E-state index in [0.29, 0.717) is 12.8 Å². The Kier molecular flexibility index (Phi) is 6.80. The average molecular weight is 353 g/mol. The summed E-state index contributed by atoms with van der Waals surface area (Å²) in [4.78, 5) is 14.5. The van der Waals surface area contributed by atoms with Crippen molar-refractivity contribution in [2.75, 3.05) is 13.1 Å². The molecule has 134 valence electrons. The van der Waals surface area contributed by atoms with Gasteiger partial charge in [-0.05, 0) is 50.8 Å². The number of likely N-dealkylation sites (tertiary alicyclic amines) is 1. The van der Waals surface area contributed by atoms with E-state index in [1.807, 2.05) is 4.90 Å². The smallest absolute Gasteiger partial charge is 0.240 e. The fourth-order valence-electron chi connectivity index (χ4n) is 2.94. The Morgan fingerprint density at radius 3 is 2.21 bits per heavy atom. The average Bonchev–Trinajstić information content (AvgIpc) is 2.81. The Morgan fingerprint density at radius 2 is 1.67 bits per heavy atom. The first-order valence-electron chi connectivity index (χ1n) is 8.77. The van der Waals surface area contributed by atoms with Crippen molar-refractivity contribution in [3.8, 4) is 0 Å². The minimum absolute atomic E-state index is 0.138. The van der Waals surface area contributed by atoms with Gasteiger partial charge in [0.25, 0.3) is 0 Å². The second-order valence-electron chi connectivity index (χ2n) is 6.71. The van der Waals surface area contributed by atoms with E-state index in [2.05, 4.69) is 4.72 Å². The van der Waals surface area contributed by atoms with Crippen molar-refractivity contribution < 1.29 is 13.2 Å². The van der Waals surface area contributed by atoms with E-state index in [1.54, 1.807) is 38.1 Å². The van der Waals surface area contributed by atoms with E-state index in [-0.39, 0.29) is 16.8 Å². The molecule has 0 aromatic heterocycles. The first kappa shape index (κ1) is 18.9. The van der Waals surface area contributed by atoms with E-state index >= 15 is 0 Å². The number of hydrogen-bond acceptors (Lipinski definition) is 3. The lowest BCUT2D eigenvalue weighted by molar-refractivity contribution is -0.131. The van der Waals surface area contributed by atoms with Crippen LogP contribution in [0.15, 0.2) is 29.2 Å². The van der Waals surface area contributed by atoms with Gasteiger partial charge in [-0.15, -0.1) is 0 Å². The molecular weight excluding hydrogens is 324 g/mol. The van der Waals surface area contributed by atoms with Gasteiger partial charge in [-0.2, -0.15) is 0 Å². The molecule has 1 fully saturated rings. The number of hydrogen-bond donors (Lipinski definition) is 1. The van der Waals surface area contributed by atoms with Crippen molar-refractivity contribution >= 4 is 15.9 Å². The van der Waals surface area contributed by atoms with Gasteiger partial charge in [0.05, 0.1) is 4.90 Å². The van der Waals surface area contributed by atoms with Crippen molar-refractivity contribution in [1.82, 2.24) is 9.62 Å². The fraction of sp³-hybridized carbons (Fsp3) is 0.611. The Morgan fingerprint density at radius 1 is 1.08 bits per heavy atom. The molecule has 1 amide bonds. The zero-order valence-electron chi connectivity index (χ0n) is 14.6. The second-order valence-corrected chi connectivity index (χ2v) is 8.43. The Balaban J connectivity index is 1.90. The zero-order chi connectivity index (χ0) is 17.6. The van der Waals surface area contributed by atoms with Crippen molar-refractivity contribution in [2.24, 2.45) is 0 Å². The van der Waals surface area contributed by atoms with Crippen molar-refractivity contribution in [3.63, 3.8) is 0 Å². The minimum Gasteiger partial charge on any atom is -0.343 e. The van der Waals surface area contributed by atoms with E-state index < -0.39 is 10.0 Å². The molecular formula is C18H28N2O3S. The molecule has 1 aliphatic heterocycles. The molecule has 0 bridgehead atoms. The van der Waals surface area contributed by atoms with Gasteiger partial charge in [0.2, 0.25) is 15.9 Å². The van der Waals surface area contributed by atoms with Crippen LogP contribution in [0.25, 0.3) is 0 Å². The summed E-state index contributed by atoms with van der Waals surface area (Å²) in [6.45, 7) is 5.33. The van der Waals surface area contributed by atoms with Gasteiger partial charge in [0, 0.05) is 25.6 Å². The summed E-state index contributed by atoms with van der Waals surface area (Å²) in [5.74, 6) is 0.204. The molecule has 1 aliphatic rings. The first-order valence-corrected chi connectivity index (χ1v) is 10.3. The highest BCUT2D eigenvalue weighted by molar-refractivity contribution is 7.89. The van der Waals surface area contributed by atoms with Crippen LogP contribution in [-0.2, 0) is 21.2 Å². The highest BCUT2D eigenvalue weighted by atomic mass is 32.2. The molecule has 6 heteroatoms. The lowest BCUT2D eigenvalue weighted by atomic mass is 10.1. The van der Waals surface area contributed by atoms with Crippen LogP contribution < -0.4 is 4.72 Å². The molecule has 1 heterocycles. The molecule has 0 atom stereocenters. The van der Waals surface area contributed by atoms with E-state index in [4.69, 9.17) is 0 Å². The van der Waals surface area contributed by atoms with Gasteiger partial charge in [0.15, 0.2) is 0 Å². The minimum atomic E-state index is -3.45. The Bertz CT molecular complexity index is 631. The number of benzene rings is 1. The largest absolute Gasteiger partial charge is 0.343 e. The summed E-state index contributed by atoms with van der Waals surface area (Å²) >= 11 is 0. The van der Waals surface area contributed by atoms with Crippen LogP contribution in [0, 0.1) is 0 Å². The van der Waals surface area contributed by atoms with E-state index in [0.717, 1.165) is 31.5 Å². The van der Waals surface area contributed by atoms with Gasteiger partial charge in [0.1, 0.15) is 0 Å². The molecule has 2 rings (SSSR count). The first-order chi connectivity index (χ1) is 11.4. The molecule has 0 saturated carbocycles. The van der Waals surface area contributed by atoms with Gasteiger partial charge in [-0.1, -0.05) is 25.0 Å². The summed E-state index contributed by atoms with van der Waals surface area (Å²) in [5, 5.41) is 0. The Labute approximate surface area is 145 Å². The molecule has 1 aromatic carbocycles. The monoisotopic (exact) mass is 352 g/mol. The quantitative estimate of drug-likeness (QED) is 0.856. The van der Waals surface area contributed by atoms with E-state index in [9.17, 15) is 13.2 Å². The summed E-state index contributed by atoms with van der Waals surface area (Å²) in [5.41, 5.74) is 0.988. The number of aryl methyl sites for hydroxylation is 1. The van der Waals surface area contributed by atoms with Crippen LogP contribution in [0.2, 0.25) is 0 Å². The van der Waals surface area contributed by atoms with Crippen LogP contribution in [0.4, 0.5) is 0 Å². The number of amides is 1. The molecule has 1 saturated heterocycles. The van der Waals surface area contributed by atoms with E-state index in [1.165, 1.54) is 12.8 Å². The molecule has 0 aliphatic carbocycles. The maximum absolute atomic E-state index is 12.3. The third-order valence-electron chi connectivity index (χ3n) is 4.21. The third-order valence-corrected chi connectivity index (χ3v) is 5.89. The molecule has 1 aromatic rings. The predicted octanol–water partition coefficient (Wildman–Crippen LogP) is 2.71.